The van der Waals surface area contributed by atoms with E-state index in [1.807, 2.05) is 47.4 Å². The molecule has 5 heteroatoms. The molecule has 2 aromatic rings. The number of carbonyl (C=O) groups excluding carboxylic acids is 1. The van der Waals surface area contributed by atoms with Crippen molar-refractivity contribution < 1.29 is 4.79 Å². The van der Waals surface area contributed by atoms with E-state index in [2.05, 4.69) is 24.1 Å². The molecule has 2 atom stereocenters. The maximum absolute atomic E-state index is 12.7. The second-order valence-electron chi connectivity index (χ2n) is 5.63. The van der Waals surface area contributed by atoms with Crippen molar-refractivity contribution in [3.05, 3.63) is 48.2 Å². The quantitative estimate of drug-likeness (QED) is 0.894. The predicted octanol–water partition coefficient (Wildman–Crippen LogP) is 2.93. The molecular weight excluding hydrogens is 298 g/mol. The van der Waals surface area contributed by atoms with Crippen molar-refractivity contribution >= 4 is 18.3 Å². The fourth-order valence-electron chi connectivity index (χ4n) is 2.80. The number of aromatic amines is 1. The van der Waals surface area contributed by atoms with Gasteiger partial charge in [-0.2, -0.15) is 0 Å². The molecule has 2 N–H and O–H groups in total. The number of piperazine rings is 1. The van der Waals surface area contributed by atoms with Gasteiger partial charge in [0.05, 0.1) is 0 Å². The molecule has 0 radical (unpaired) electrons. The summed E-state index contributed by atoms with van der Waals surface area (Å²) in [5.41, 5.74) is 2.74. The number of H-pyrrole nitrogens is 1. The van der Waals surface area contributed by atoms with Crippen molar-refractivity contribution in [2.45, 2.75) is 25.9 Å². The van der Waals surface area contributed by atoms with Crippen molar-refractivity contribution in [3.8, 4) is 11.3 Å². The lowest BCUT2D eigenvalue weighted by Crippen LogP contribution is -2.57. The Morgan fingerprint density at radius 1 is 1.14 bits per heavy atom. The number of hydrogen-bond donors (Lipinski definition) is 2. The number of rotatable bonds is 2. The van der Waals surface area contributed by atoms with Gasteiger partial charge in [-0.25, -0.2) is 0 Å². The Morgan fingerprint density at radius 3 is 2.59 bits per heavy atom. The highest BCUT2D eigenvalue weighted by Crippen LogP contribution is 2.20. The molecule has 22 heavy (non-hydrogen) atoms. The zero-order valence-corrected chi connectivity index (χ0v) is 13.7. The number of nitrogens with zero attached hydrogens (tertiary/aromatic N) is 1. The van der Waals surface area contributed by atoms with Crippen molar-refractivity contribution in [3.63, 3.8) is 0 Å². The fourth-order valence-corrected chi connectivity index (χ4v) is 2.80. The zero-order valence-electron chi connectivity index (χ0n) is 12.9. The third kappa shape index (κ3) is 3.18. The van der Waals surface area contributed by atoms with Crippen LogP contribution in [0.3, 0.4) is 0 Å². The first-order valence-electron chi connectivity index (χ1n) is 7.45. The van der Waals surface area contributed by atoms with Crippen LogP contribution >= 0.6 is 12.4 Å². The molecule has 2 unspecified atom stereocenters. The van der Waals surface area contributed by atoms with Crippen LogP contribution < -0.4 is 5.32 Å². The van der Waals surface area contributed by atoms with Crippen LogP contribution in [0.4, 0.5) is 0 Å². The molecule has 1 aromatic carbocycles. The minimum Gasteiger partial charge on any atom is -0.351 e. The summed E-state index contributed by atoms with van der Waals surface area (Å²) in [7, 11) is 0. The van der Waals surface area contributed by atoms with E-state index in [0.717, 1.165) is 24.3 Å². The van der Waals surface area contributed by atoms with Crippen molar-refractivity contribution in [2.75, 3.05) is 13.1 Å². The summed E-state index contributed by atoms with van der Waals surface area (Å²) in [6.07, 6.45) is 0. The van der Waals surface area contributed by atoms with E-state index in [0.29, 0.717) is 11.7 Å². The second-order valence-corrected chi connectivity index (χ2v) is 5.63. The van der Waals surface area contributed by atoms with Crippen LogP contribution in [0.15, 0.2) is 42.5 Å². The third-order valence-corrected chi connectivity index (χ3v) is 4.30. The SMILES string of the molecule is CC1NCCN(C(=O)c2ccc(-c3ccccc3)[nH]2)C1C.Cl. The minimum absolute atomic E-state index is 0. The standard InChI is InChI=1S/C17H21N3O.ClH/c1-12-13(2)20(11-10-18-12)17(21)16-9-8-15(19-16)14-6-4-3-5-7-14;/h3-9,12-13,18-19H,10-11H2,1-2H3;1H. The Balaban J connectivity index is 0.00000176. The molecule has 1 amide bonds. The normalized spacial score (nSPS) is 21.3. The van der Waals surface area contributed by atoms with Gasteiger partial charge in [0.1, 0.15) is 5.69 Å². The molecule has 3 rings (SSSR count). The zero-order chi connectivity index (χ0) is 14.8. The van der Waals surface area contributed by atoms with Gasteiger partial charge in [-0.05, 0) is 31.5 Å². The lowest BCUT2D eigenvalue weighted by Gasteiger charge is -2.38. The molecule has 0 bridgehead atoms. The molecule has 0 saturated carbocycles. The summed E-state index contributed by atoms with van der Waals surface area (Å²) in [5, 5.41) is 3.40. The van der Waals surface area contributed by atoms with Crippen LogP contribution in [0.1, 0.15) is 24.3 Å². The van der Waals surface area contributed by atoms with E-state index in [1.54, 1.807) is 0 Å². The topological polar surface area (TPSA) is 48.1 Å². The van der Waals surface area contributed by atoms with E-state index < -0.39 is 0 Å². The van der Waals surface area contributed by atoms with Crippen molar-refractivity contribution in [2.24, 2.45) is 0 Å². The monoisotopic (exact) mass is 319 g/mol. The Morgan fingerprint density at radius 2 is 1.86 bits per heavy atom. The molecule has 1 fully saturated rings. The molecular formula is C17H22ClN3O. The molecule has 1 aliphatic heterocycles. The van der Waals surface area contributed by atoms with Crippen LogP contribution in [0, 0.1) is 0 Å². The number of halogens is 1. The van der Waals surface area contributed by atoms with E-state index in [4.69, 9.17) is 0 Å². The average molecular weight is 320 g/mol. The highest BCUT2D eigenvalue weighted by atomic mass is 35.5. The summed E-state index contributed by atoms with van der Waals surface area (Å²) in [4.78, 5) is 17.9. The fraction of sp³-hybridized carbons (Fsp3) is 0.353. The maximum Gasteiger partial charge on any atom is 0.270 e. The van der Waals surface area contributed by atoms with Gasteiger partial charge in [0.25, 0.3) is 5.91 Å². The number of aromatic nitrogens is 1. The lowest BCUT2D eigenvalue weighted by molar-refractivity contribution is 0.0597. The number of hydrogen-bond acceptors (Lipinski definition) is 2. The van der Waals surface area contributed by atoms with Crippen LogP contribution in [-0.2, 0) is 0 Å². The Kier molecular flexibility index (Phi) is 5.27. The van der Waals surface area contributed by atoms with Crippen molar-refractivity contribution in [1.29, 1.82) is 0 Å². The molecule has 0 spiro atoms. The molecule has 118 valence electrons. The van der Waals surface area contributed by atoms with Gasteiger partial charge in [0.2, 0.25) is 0 Å². The van der Waals surface area contributed by atoms with Crippen LogP contribution in [0.2, 0.25) is 0 Å². The smallest absolute Gasteiger partial charge is 0.270 e. The average Bonchev–Trinajstić information content (AvgIpc) is 3.00. The number of benzene rings is 1. The van der Waals surface area contributed by atoms with E-state index in [1.165, 1.54) is 0 Å². The van der Waals surface area contributed by atoms with Gasteiger partial charge in [-0.1, -0.05) is 30.3 Å². The minimum atomic E-state index is 0. The summed E-state index contributed by atoms with van der Waals surface area (Å²) in [6.45, 7) is 5.82. The lowest BCUT2D eigenvalue weighted by atomic mass is 10.1. The van der Waals surface area contributed by atoms with Crippen LogP contribution in [0.5, 0.6) is 0 Å². The molecule has 4 nitrogen and oxygen atoms in total. The van der Waals surface area contributed by atoms with Gasteiger partial charge in [0, 0.05) is 30.9 Å². The molecule has 0 aliphatic carbocycles. The van der Waals surface area contributed by atoms with Gasteiger partial charge in [0.15, 0.2) is 0 Å². The summed E-state index contributed by atoms with van der Waals surface area (Å²) >= 11 is 0. The largest absolute Gasteiger partial charge is 0.351 e. The van der Waals surface area contributed by atoms with E-state index in [-0.39, 0.29) is 24.4 Å². The molecule has 1 aliphatic rings. The summed E-state index contributed by atoms with van der Waals surface area (Å²) < 4.78 is 0. The van der Waals surface area contributed by atoms with E-state index in [9.17, 15) is 4.79 Å². The highest BCUT2D eigenvalue weighted by Gasteiger charge is 2.29. The number of carbonyl (C=O) groups is 1. The van der Waals surface area contributed by atoms with Gasteiger partial charge in [-0.3, -0.25) is 4.79 Å². The Bertz CT molecular complexity index is 626. The second kappa shape index (κ2) is 6.99. The third-order valence-electron chi connectivity index (χ3n) is 4.30. The first kappa shape index (κ1) is 16.6. The number of amides is 1. The molecule has 1 aromatic heterocycles. The summed E-state index contributed by atoms with van der Waals surface area (Å²) in [5.74, 6) is 0.0815. The van der Waals surface area contributed by atoms with Gasteiger partial charge < -0.3 is 15.2 Å². The predicted molar refractivity (Wildman–Crippen MR) is 91.4 cm³/mol. The van der Waals surface area contributed by atoms with E-state index >= 15 is 0 Å². The highest BCUT2D eigenvalue weighted by molar-refractivity contribution is 5.93. The van der Waals surface area contributed by atoms with Crippen LogP contribution in [-0.4, -0.2) is 41.0 Å². The Labute approximate surface area is 137 Å². The molecule has 2 heterocycles. The molecule has 1 saturated heterocycles. The summed E-state index contributed by atoms with van der Waals surface area (Å²) in [6, 6.07) is 14.4. The first-order chi connectivity index (χ1) is 10.2. The van der Waals surface area contributed by atoms with Gasteiger partial charge in [-0.15, -0.1) is 12.4 Å². The van der Waals surface area contributed by atoms with Gasteiger partial charge >= 0.3 is 0 Å². The van der Waals surface area contributed by atoms with Crippen molar-refractivity contribution in [1.82, 2.24) is 15.2 Å². The van der Waals surface area contributed by atoms with Crippen LogP contribution in [0.25, 0.3) is 11.3 Å². The maximum atomic E-state index is 12.7. The first-order valence-corrected chi connectivity index (χ1v) is 7.45. The Hall–Kier alpha value is -1.78. The number of nitrogens with one attached hydrogen (secondary N) is 2.